The molecule has 0 radical (unpaired) electrons. The minimum Gasteiger partial charge on any atom is -0.496 e. The van der Waals surface area contributed by atoms with Crippen molar-refractivity contribution < 1.29 is 24.2 Å². The maximum absolute atomic E-state index is 12.1. The molecule has 1 saturated heterocycles. The van der Waals surface area contributed by atoms with Crippen LogP contribution in [0.3, 0.4) is 0 Å². The predicted octanol–water partition coefficient (Wildman–Crippen LogP) is 1.79. The molecule has 1 aromatic carbocycles. The van der Waals surface area contributed by atoms with Gasteiger partial charge in [-0.3, -0.25) is 9.59 Å². The first-order valence-electron chi connectivity index (χ1n) is 8.22. The molecule has 0 aliphatic carbocycles. The third kappa shape index (κ3) is 4.96. The topological polar surface area (TPSA) is 84.9 Å². The van der Waals surface area contributed by atoms with Crippen molar-refractivity contribution in [2.75, 3.05) is 26.9 Å². The number of aryl methyl sites for hydroxylation is 1. The van der Waals surface area contributed by atoms with Crippen molar-refractivity contribution in [2.24, 2.45) is 11.8 Å². The molecule has 1 aliphatic heterocycles. The van der Waals surface area contributed by atoms with Gasteiger partial charge in [0.15, 0.2) is 0 Å². The smallest absolute Gasteiger partial charge is 0.308 e. The first-order chi connectivity index (χ1) is 11.5. The highest BCUT2D eigenvalue weighted by atomic mass is 16.5. The number of amides is 1. The summed E-state index contributed by atoms with van der Waals surface area (Å²) < 4.78 is 10.5. The van der Waals surface area contributed by atoms with E-state index in [-0.39, 0.29) is 24.8 Å². The first-order valence-corrected chi connectivity index (χ1v) is 8.22. The van der Waals surface area contributed by atoms with Gasteiger partial charge in [0.25, 0.3) is 0 Å². The summed E-state index contributed by atoms with van der Waals surface area (Å²) in [5.41, 5.74) is 1.85. The largest absolute Gasteiger partial charge is 0.496 e. The number of carbonyl (C=O) groups excluding carboxylic acids is 1. The quantitative estimate of drug-likeness (QED) is 0.793. The van der Waals surface area contributed by atoms with Crippen LogP contribution in [0.4, 0.5) is 0 Å². The van der Waals surface area contributed by atoms with E-state index in [2.05, 4.69) is 5.32 Å². The van der Waals surface area contributed by atoms with Crippen molar-refractivity contribution >= 4 is 11.9 Å². The number of nitrogens with one attached hydrogen (secondary N) is 1. The second-order valence-electron chi connectivity index (χ2n) is 6.18. The lowest BCUT2D eigenvalue weighted by Crippen LogP contribution is -2.39. The van der Waals surface area contributed by atoms with E-state index in [4.69, 9.17) is 9.47 Å². The first kappa shape index (κ1) is 18.3. The van der Waals surface area contributed by atoms with Gasteiger partial charge < -0.3 is 19.9 Å². The van der Waals surface area contributed by atoms with E-state index in [9.17, 15) is 14.7 Å². The number of carbonyl (C=O) groups is 2. The molecule has 2 rings (SSSR count). The summed E-state index contributed by atoms with van der Waals surface area (Å²) in [5.74, 6) is -0.814. The highest BCUT2D eigenvalue weighted by Gasteiger charge is 2.29. The zero-order valence-electron chi connectivity index (χ0n) is 14.2. The van der Waals surface area contributed by atoms with Gasteiger partial charge in [0.05, 0.1) is 19.4 Å². The van der Waals surface area contributed by atoms with E-state index < -0.39 is 11.9 Å². The van der Waals surface area contributed by atoms with Gasteiger partial charge in [0.2, 0.25) is 5.91 Å². The molecule has 0 bridgehead atoms. The van der Waals surface area contributed by atoms with E-state index in [1.54, 1.807) is 7.11 Å². The highest BCUT2D eigenvalue weighted by molar-refractivity contribution is 5.79. The molecule has 6 nitrogen and oxygen atoms in total. The minimum absolute atomic E-state index is 0.0519. The molecule has 2 N–H and O–H groups in total. The third-order valence-electron chi connectivity index (χ3n) is 4.51. The van der Waals surface area contributed by atoms with E-state index in [0.717, 1.165) is 29.7 Å². The SMILES string of the molecule is COc1cc(CC(=O)NCC(C(=O)O)C2CCOCC2)ccc1C. The fourth-order valence-electron chi connectivity index (χ4n) is 3.02. The van der Waals surface area contributed by atoms with E-state index in [1.165, 1.54) is 0 Å². The maximum Gasteiger partial charge on any atom is 0.308 e. The van der Waals surface area contributed by atoms with Crippen LogP contribution in [-0.4, -0.2) is 43.9 Å². The Morgan fingerprint density at radius 1 is 1.38 bits per heavy atom. The Morgan fingerprint density at radius 2 is 2.08 bits per heavy atom. The van der Waals surface area contributed by atoms with Crippen molar-refractivity contribution in [1.82, 2.24) is 5.32 Å². The number of methoxy groups -OCH3 is 1. The molecule has 24 heavy (non-hydrogen) atoms. The van der Waals surface area contributed by atoms with Crippen LogP contribution in [-0.2, 0) is 20.7 Å². The Bertz CT molecular complexity index is 581. The Kier molecular flexibility index (Phi) is 6.61. The van der Waals surface area contributed by atoms with E-state index in [0.29, 0.717) is 13.2 Å². The number of carboxylic acids is 1. The molecular formula is C18H25NO5. The standard InChI is InChI=1S/C18H25NO5/c1-12-3-4-13(9-16(12)23-2)10-17(20)19-11-15(18(21)22)14-5-7-24-8-6-14/h3-4,9,14-15H,5-8,10-11H2,1-2H3,(H,19,20)(H,21,22). The van der Waals surface area contributed by atoms with Crippen LogP contribution in [0, 0.1) is 18.8 Å². The van der Waals surface area contributed by atoms with E-state index >= 15 is 0 Å². The van der Waals surface area contributed by atoms with Crippen LogP contribution in [0.5, 0.6) is 5.75 Å². The van der Waals surface area contributed by atoms with E-state index in [1.807, 2.05) is 25.1 Å². The summed E-state index contributed by atoms with van der Waals surface area (Å²) >= 11 is 0. The summed E-state index contributed by atoms with van der Waals surface area (Å²) in [6.45, 7) is 3.27. The van der Waals surface area contributed by atoms with Crippen LogP contribution >= 0.6 is 0 Å². The lowest BCUT2D eigenvalue weighted by atomic mass is 9.86. The fourth-order valence-corrected chi connectivity index (χ4v) is 3.02. The number of carboxylic acid groups (broad SMARTS) is 1. The van der Waals surface area contributed by atoms with Gasteiger partial charge in [-0.25, -0.2) is 0 Å². The second kappa shape index (κ2) is 8.68. The zero-order valence-corrected chi connectivity index (χ0v) is 14.2. The minimum atomic E-state index is -0.862. The molecule has 0 spiro atoms. The maximum atomic E-state index is 12.1. The molecule has 132 valence electrons. The Hall–Kier alpha value is -2.08. The molecule has 0 saturated carbocycles. The average Bonchev–Trinajstić information content (AvgIpc) is 2.57. The molecule has 6 heteroatoms. The molecule has 1 fully saturated rings. The summed E-state index contributed by atoms with van der Waals surface area (Å²) in [6, 6.07) is 5.62. The van der Waals surface area contributed by atoms with Gasteiger partial charge in [0.1, 0.15) is 5.75 Å². The number of hydrogen-bond acceptors (Lipinski definition) is 4. The van der Waals surface area contributed by atoms with Crippen molar-refractivity contribution in [1.29, 1.82) is 0 Å². The number of ether oxygens (including phenoxy) is 2. The Labute approximate surface area is 142 Å². The summed E-state index contributed by atoms with van der Waals surface area (Å²) in [7, 11) is 1.59. The Balaban J connectivity index is 1.90. The van der Waals surface area contributed by atoms with Crippen LogP contribution in [0.1, 0.15) is 24.0 Å². The molecule has 0 aromatic heterocycles. The molecule has 1 aliphatic rings. The number of benzene rings is 1. The summed E-state index contributed by atoms with van der Waals surface area (Å²) in [4.78, 5) is 23.6. The summed E-state index contributed by atoms with van der Waals surface area (Å²) in [5, 5.41) is 12.2. The predicted molar refractivity (Wildman–Crippen MR) is 89.1 cm³/mol. The van der Waals surface area contributed by atoms with Crippen LogP contribution in [0.15, 0.2) is 18.2 Å². The summed E-state index contributed by atoms with van der Waals surface area (Å²) in [6.07, 6.45) is 1.65. The molecular weight excluding hydrogens is 310 g/mol. The van der Waals surface area contributed by atoms with Gasteiger partial charge in [-0.2, -0.15) is 0 Å². The molecule has 1 heterocycles. The molecule has 1 amide bonds. The monoisotopic (exact) mass is 335 g/mol. The van der Waals surface area contributed by atoms with Crippen molar-refractivity contribution in [2.45, 2.75) is 26.2 Å². The Morgan fingerprint density at radius 3 is 2.71 bits per heavy atom. The molecule has 1 aromatic rings. The number of aliphatic carboxylic acids is 1. The van der Waals surface area contributed by atoms with Crippen molar-refractivity contribution in [3.63, 3.8) is 0 Å². The van der Waals surface area contributed by atoms with Gasteiger partial charge in [0, 0.05) is 19.8 Å². The van der Waals surface area contributed by atoms with Crippen molar-refractivity contribution in [3.8, 4) is 5.75 Å². The van der Waals surface area contributed by atoms with Gasteiger partial charge in [-0.05, 0) is 42.9 Å². The van der Waals surface area contributed by atoms with Crippen molar-refractivity contribution in [3.05, 3.63) is 29.3 Å². The zero-order chi connectivity index (χ0) is 17.5. The third-order valence-corrected chi connectivity index (χ3v) is 4.51. The van der Waals surface area contributed by atoms with Gasteiger partial charge in [-0.1, -0.05) is 12.1 Å². The van der Waals surface area contributed by atoms with Gasteiger partial charge in [-0.15, -0.1) is 0 Å². The number of hydrogen-bond donors (Lipinski definition) is 2. The van der Waals surface area contributed by atoms with Crippen LogP contribution in [0.2, 0.25) is 0 Å². The lowest BCUT2D eigenvalue weighted by molar-refractivity contribution is -0.144. The molecule has 1 atom stereocenters. The van der Waals surface area contributed by atoms with Crippen LogP contribution < -0.4 is 10.1 Å². The second-order valence-corrected chi connectivity index (χ2v) is 6.18. The highest BCUT2D eigenvalue weighted by Crippen LogP contribution is 2.24. The fraction of sp³-hybridized carbons (Fsp3) is 0.556. The molecule has 1 unspecified atom stereocenters. The van der Waals surface area contributed by atoms with Crippen LogP contribution in [0.25, 0.3) is 0 Å². The lowest BCUT2D eigenvalue weighted by Gasteiger charge is -2.27. The average molecular weight is 335 g/mol. The number of rotatable bonds is 7. The normalized spacial score (nSPS) is 16.4. The van der Waals surface area contributed by atoms with Gasteiger partial charge >= 0.3 is 5.97 Å².